The lowest BCUT2D eigenvalue weighted by Gasteiger charge is -2.15. The van der Waals surface area contributed by atoms with Gasteiger partial charge < -0.3 is 20.7 Å². The van der Waals surface area contributed by atoms with E-state index in [0.29, 0.717) is 18.2 Å². The van der Waals surface area contributed by atoms with Crippen LogP contribution in [0, 0.1) is 0 Å². The SMILES string of the molecule is COC1CCN(CCCC(=O)Nc2cccc(N)c2)C1. The van der Waals surface area contributed by atoms with Crippen molar-refractivity contribution in [2.24, 2.45) is 0 Å². The minimum atomic E-state index is 0.0399. The highest BCUT2D eigenvalue weighted by atomic mass is 16.5. The van der Waals surface area contributed by atoms with Gasteiger partial charge in [0.05, 0.1) is 6.10 Å². The van der Waals surface area contributed by atoms with Gasteiger partial charge in [-0.25, -0.2) is 0 Å². The summed E-state index contributed by atoms with van der Waals surface area (Å²) in [5.41, 5.74) is 7.09. The molecule has 0 aromatic heterocycles. The minimum Gasteiger partial charge on any atom is -0.399 e. The normalized spacial score (nSPS) is 19.1. The first-order valence-corrected chi connectivity index (χ1v) is 7.08. The van der Waals surface area contributed by atoms with E-state index in [1.807, 2.05) is 12.1 Å². The number of hydrogen-bond acceptors (Lipinski definition) is 4. The lowest BCUT2D eigenvalue weighted by atomic mass is 10.2. The molecule has 1 aromatic carbocycles. The molecule has 5 heteroatoms. The molecule has 1 aliphatic heterocycles. The first-order chi connectivity index (χ1) is 9.67. The molecule has 1 fully saturated rings. The van der Waals surface area contributed by atoms with E-state index in [1.165, 1.54) is 0 Å². The van der Waals surface area contributed by atoms with Crippen molar-refractivity contribution in [2.75, 3.05) is 37.8 Å². The van der Waals surface area contributed by atoms with Gasteiger partial charge in [0.25, 0.3) is 0 Å². The third kappa shape index (κ3) is 4.51. The van der Waals surface area contributed by atoms with E-state index in [2.05, 4.69) is 10.2 Å². The van der Waals surface area contributed by atoms with Crippen LogP contribution in [0.5, 0.6) is 0 Å². The van der Waals surface area contributed by atoms with Crippen LogP contribution in [0.25, 0.3) is 0 Å². The molecule has 1 saturated heterocycles. The number of carbonyl (C=O) groups excluding carboxylic acids is 1. The van der Waals surface area contributed by atoms with E-state index in [4.69, 9.17) is 10.5 Å². The Morgan fingerprint density at radius 1 is 1.55 bits per heavy atom. The van der Waals surface area contributed by atoms with Gasteiger partial charge in [-0.1, -0.05) is 6.07 Å². The highest BCUT2D eigenvalue weighted by Gasteiger charge is 2.21. The van der Waals surface area contributed by atoms with Crippen LogP contribution in [0.2, 0.25) is 0 Å². The van der Waals surface area contributed by atoms with Gasteiger partial charge in [0.1, 0.15) is 0 Å². The smallest absolute Gasteiger partial charge is 0.224 e. The molecule has 2 rings (SSSR count). The lowest BCUT2D eigenvalue weighted by Crippen LogP contribution is -2.25. The first-order valence-electron chi connectivity index (χ1n) is 7.08. The Kier molecular flexibility index (Phi) is 5.38. The molecule has 5 nitrogen and oxygen atoms in total. The minimum absolute atomic E-state index is 0.0399. The van der Waals surface area contributed by atoms with Crippen LogP contribution in [0.1, 0.15) is 19.3 Å². The van der Waals surface area contributed by atoms with E-state index in [-0.39, 0.29) is 5.91 Å². The van der Waals surface area contributed by atoms with E-state index in [1.54, 1.807) is 19.2 Å². The fourth-order valence-corrected chi connectivity index (χ4v) is 2.50. The fourth-order valence-electron chi connectivity index (χ4n) is 2.50. The topological polar surface area (TPSA) is 67.6 Å². The molecule has 0 radical (unpaired) electrons. The highest BCUT2D eigenvalue weighted by molar-refractivity contribution is 5.91. The summed E-state index contributed by atoms with van der Waals surface area (Å²) in [6.45, 7) is 2.99. The molecule has 1 amide bonds. The predicted octanol–water partition coefficient (Wildman–Crippen LogP) is 1.71. The Morgan fingerprint density at radius 3 is 3.10 bits per heavy atom. The lowest BCUT2D eigenvalue weighted by molar-refractivity contribution is -0.116. The summed E-state index contributed by atoms with van der Waals surface area (Å²) in [5, 5.41) is 2.87. The van der Waals surface area contributed by atoms with Crippen LogP contribution in [0.15, 0.2) is 24.3 Å². The van der Waals surface area contributed by atoms with Crippen molar-refractivity contribution in [1.29, 1.82) is 0 Å². The van der Waals surface area contributed by atoms with Crippen molar-refractivity contribution in [3.8, 4) is 0 Å². The molecule has 1 unspecified atom stereocenters. The number of nitrogen functional groups attached to an aromatic ring is 1. The van der Waals surface area contributed by atoms with Gasteiger partial charge in [-0.2, -0.15) is 0 Å². The second-order valence-electron chi connectivity index (χ2n) is 5.22. The van der Waals surface area contributed by atoms with Crippen LogP contribution in [-0.4, -0.2) is 43.7 Å². The number of rotatable bonds is 6. The number of likely N-dealkylation sites (tertiary alicyclic amines) is 1. The molecule has 0 spiro atoms. The summed E-state index contributed by atoms with van der Waals surface area (Å²) in [5.74, 6) is 0.0399. The van der Waals surface area contributed by atoms with Gasteiger partial charge >= 0.3 is 0 Å². The van der Waals surface area contributed by atoms with E-state index < -0.39 is 0 Å². The van der Waals surface area contributed by atoms with Gasteiger partial charge in [-0.3, -0.25) is 4.79 Å². The molecule has 1 atom stereocenters. The number of amides is 1. The summed E-state index contributed by atoms with van der Waals surface area (Å²) < 4.78 is 5.33. The summed E-state index contributed by atoms with van der Waals surface area (Å²) in [6.07, 6.45) is 2.84. The molecule has 0 bridgehead atoms. The standard InChI is InChI=1S/C15H23N3O2/c1-20-14-7-9-18(11-14)8-3-6-15(19)17-13-5-2-4-12(16)10-13/h2,4-5,10,14H,3,6-9,11,16H2,1H3,(H,17,19). The zero-order valence-electron chi connectivity index (χ0n) is 12.0. The summed E-state index contributed by atoms with van der Waals surface area (Å²) in [4.78, 5) is 14.2. The van der Waals surface area contributed by atoms with Crippen LogP contribution < -0.4 is 11.1 Å². The summed E-state index contributed by atoms with van der Waals surface area (Å²) in [6, 6.07) is 7.24. The molecular weight excluding hydrogens is 254 g/mol. The number of benzene rings is 1. The molecule has 1 aromatic rings. The molecule has 1 heterocycles. The molecule has 3 N–H and O–H groups in total. The van der Waals surface area contributed by atoms with Crippen LogP contribution in [-0.2, 0) is 9.53 Å². The number of carbonyl (C=O) groups is 1. The van der Waals surface area contributed by atoms with Crippen molar-refractivity contribution in [1.82, 2.24) is 4.90 Å². The van der Waals surface area contributed by atoms with Gasteiger partial charge in [0.2, 0.25) is 5.91 Å². The van der Waals surface area contributed by atoms with Crippen LogP contribution >= 0.6 is 0 Å². The van der Waals surface area contributed by atoms with Crippen molar-refractivity contribution in [2.45, 2.75) is 25.4 Å². The van der Waals surface area contributed by atoms with Crippen molar-refractivity contribution >= 4 is 17.3 Å². The summed E-state index contributed by atoms with van der Waals surface area (Å²) in [7, 11) is 1.76. The number of hydrogen-bond donors (Lipinski definition) is 2. The average Bonchev–Trinajstić information content (AvgIpc) is 2.86. The van der Waals surface area contributed by atoms with Gasteiger partial charge in [-0.15, -0.1) is 0 Å². The first kappa shape index (κ1) is 14.8. The van der Waals surface area contributed by atoms with Crippen LogP contribution in [0.3, 0.4) is 0 Å². The monoisotopic (exact) mass is 277 g/mol. The number of nitrogens with zero attached hydrogens (tertiary/aromatic N) is 1. The molecule has 0 aliphatic carbocycles. The Bertz CT molecular complexity index is 450. The average molecular weight is 277 g/mol. The van der Waals surface area contributed by atoms with Gasteiger partial charge in [0.15, 0.2) is 0 Å². The highest BCUT2D eigenvalue weighted by Crippen LogP contribution is 2.14. The number of anilines is 2. The van der Waals surface area contributed by atoms with Crippen LogP contribution in [0.4, 0.5) is 11.4 Å². The maximum Gasteiger partial charge on any atom is 0.224 e. The fraction of sp³-hybridized carbons (Fsp3) is 0.533. The Hall–Kier alpha value is -1.59. The van der Waals surface area contributed by atoms with Crippen molar-refractivity contribution in [3.05, 3.63) is 24.3 Å². The largest absolute Gasteiger partial charge is 0.399 e. The molecule has 0 saturated carbocycles. The Morgan fingerprint density at radius 2 is 2.40 bits per heavy atom. The van der Waals surface area contributed by atoms with E-state index in [0.717, 1.165) is 38.2 Å². The molecular formula is C15H23N3O2. The Labute approximate surface area is 120 Å². The quantitative estimate of drug-likeness (QED) is 0.777. The maximum absolute atomic E-state index is 11.8. The number of nitrogens with two attached hydrogens (primary N) is 1. The zero-order valence-corrected chi connectivity index (χ0v) is 12.0. The van der Waals surface area contributed by atoms with Crippen molar-refractivity contribution < 1.29 is 9.53 Å². The molecule has 1 aliphatic rings. The van der Waals surface area contributed by atoms with E-state index in [9.17, 15) is 4.79 Å². The second kappa shape index (κ2) is 7.26. The van der Waals surface area contributed by atoms with Gasteiger partial charge in [-0.05, 0) is 37.6 Å². The summed E-state index contributed by atoms with van der Waals surface area (Å²) >= 11 is 0. The number of nitrogens with one attached hydrogen (secondary N) is 1. The second-order valence-corrected chi connectivity index (χ2v) is 5.22. The maximum atomic E-state index is 11.8. The molecule has 110 valence electrons. The Balaban J connectivity index is 1.66. The van der Waals surface area contributed by atoms with Gasteiger partial charge in [0, 0.05) is 38.0 Å². The molecule has 20 heavy (non-hydrogen) atoms. The third-order valence-electron chi connectivity index (χ3n) is 3.61. The van der Waals surface area contributed by atoms with Crippen molar-refractivity contribution in [3.63, 3.8) is 0 Å². The van der Waals surface area contributed by atoms with E-state index >= 15 is 0 Å². The predicted molar refractivity (Wildman–Crippen MR) is 80.6 cm³/mol. The number of methoxy groups -OCH3 is 1. The third-order valence-corrected chi connectivity index (χ3v) is 3.61. The zero-order chi connectivity index (χ0) is 14.4. The number of ether oxygens (including phenoxy) is 1.